The maximum absolute atomic E-state index is 10.4. The Morgan fingerprint density at radius 2 is 2.47 bits per heavy atom. The molecule has 7 heteroatoms. The Labute approximate surface area is 103 Å². The minimum Gasteiger partial charge on any atom is -0.365 e. The molecule has 0 spiro atoms. The summed E-state index contributed by atoms with van der Waals surface area (Å²) in [6.45, 7) is 1.96. The molecule has 1 aliphatic heterocycles. The zero-order valence-corrected chi connectivity index (χ0v) is 9.72. The van der Waals surface area contributed by atoms with Gasteiger partial charge < -0.3 is 10.2 Å². The first-order valence-corrected chi connectivity index (χ1v) is 5.47. The highest BCUT2D eigenvalue weighted by Crippen LogP contribution is 2.13. The monoisotopic (exact) mass is 254 g/mol. The van der Waals surface area contributed by atoms with Crippen LogP contribution >= 0.6 is 11.6 Å². The van der Waals surface area contributed by atoms with Crippen LogP contribution in [-0.2, 0) is 6.54 Å². The van der Waals surface area contributed by atoms with Crippen molar-refractivity contribution in [2.24, 2.45) is 0 Å². The Bertz CT molecular complexity index is 446. The Kier molecular flexibility index (Phi) is 3.43. The van der Waals surface area contributed by atoms with Gasteiger partial charge in [-0.15, -0.1) is 0 Å². The predicted octanol–water partition coefficient (Wildman–Crippen LogP) is 1.22. The summed E-state index contributed by atoms with van der Waals surface area (Å²) in [7, 11) is 0. The molecule has 0 amide bonds. The van der Waals surface area contributed by atoms with E-state index in [2.05, 4.69) is 10.3 Å². The highest BCUT2D eigenvalue weighted by molar-refractivity contribution is 6.30. The first-order chi connectivity index (χ1) is 8.15. The molecule has 0 saturated carbocycles. The summed E-state index contributed by atoms with van der Waals surface area (Å²) in [5.74, 6) is 0.520. The summed E-state index contributed by atoms with van der Waals surface area (Å²) in [6, 6.07) is 3.56. The molecule has 0 radical (unpaired) electrons. The third-order valence-corrected chi connectivity index (χ3v) is 2.62. The van der Waals surface area contributed by atoms with E-state index in [4.69, 9.17) is 11.6 Å². The number of nitrogens with one attached hydrogen (secondary N) is 1. The van der Waals surface area contributed by atoms with Crippen molar-refractivity contribution in [3.05, 3.63) is 51.2 Å². The molecule has 0 aromatic carbocycles. The minimum atomic E-state index is -0.462. The van der Waals surface area contributed by atoms with Crippen molar-refractivity contribution >= 4 is 11.6 Å². The molecule has 2 heterocycles. The van der Waals surface area contributed by atoms with Gasteiger partial charge in [-0.3, -0.25) is 15.1 Å². The summed E-state index contributed by atoms with van der Waals surface area (Å²) in [4.78, 5) is 16.0. The van der Waals surface area contributed by atoms with Crippen molar-refractivity contribution in [2.45, 2.75) is 6.54 Å². The van der Waals surface area contributed by atoms with Crippen LogP contribution in [0.1, 0.15) is 5.69 Å². The van der Waals surface area contributed by atoms with E-state index in [1.807, 2.05) is 11.0 Å². The molecule has 1 aromatic rings. The van der Waals surface area contributed by atoms with Crippen LogP contribution in [0.2, 0.25) is 5.02 Å². The molecular formula is C10H11ClN4O2. The first kappa shape index (κ1) is 11.7. The molecule has 0 bridgehead atoms. The van der Waals surface area contributed by atoms with Crippen LogP contribution < -0.4 is 5.32 Å². The fourth-order valence-electron chi connectivity index (χ4n) is 1.64. The van der Waals surface area contributed by atoms with E-state index in [-0.39, 0.29) is 0 Å². The molecule has 6 nitrogen and oxygen atoms in total. The molecule has 1 N–H and O–H groups in total. The summed E-state index contributed by atoms with van der Waals surface area (Å²) >= 11 is 5.74. The number of hydrogen-bond acceptors (Lipinski definition) is 5. The molecule has 1 fully saturated rings. The Balaban J connectivity index is 2.07. The van der Waals surface area contributed by atoms with E-state index in [1.54, 1.807) is 12.3 Å². The largest absolute Gasteiger partial charge is 0.365 e. The number of nitrogens with zero attached hydrogens (tertiary/aromatic N) is 3. The van der Waals surface area contributed by atoms with Gasteiger partial charge in [-0.25, -0.2) is 0 Å². The number of rotatable bonds is 3. The molecule has 17 heavy (non-hydrogen) atoms. The number of halogens is 1. The molecule has 1 saturated heterocycles. The van der Waals surface area contributed by atoms with Gasteiger partial charge in [0, 0.05) is 19.3 Å². The van der Waals surface area contributed by atoms with Crippen LogP contribution in [0.25, 0.3) is 0 Å². The van der Waals surface area contributed by atoms with E-state index in [0.29, 0.717) is 23.9 Å². The second-order valence-corrected chi connectivity index (χ2v) is 4.05. The summed E-state index contributed by atoms with van der Waals surface area (Å²) < 4.78 is 0. The molecule has 0 atom stereocenters. The van der Waals surface area contributed by atoms with E-state index >= 15 is 0 Å². The highest BCUT2D eigenvalue weighted by atomic mass is 35.5. The Morgan fingerprint density at radius 1 is 1.65 bits per heavy atom. The Morgan fingerprint density at radius 3 is 3.12 bits per heavy atom. The minimum absolute atomic E-state index is 0.462. The van der Waals surface area contributed by atoms with Crippen LogP contribution in [-0.4, -0.2) is 27.9 Å². The maximum atomic E-state index is 10.4. The second-order valence-electron chi connectivity index (χ2n) is 3.62. The molecule has 90 valence electrons. The standard InChI is InChI=1S/C10H11ClN4O2/c11-8-1-2-9(13-5-8)6-14-4-3-12-10(14)7-15(16)17/h1-2,5,7,12H,3-4,6H2. The fraction of sp³-hybridized carbons (Fsp3) is 0.300. The lowest BCUT2D eigenvalue weighted by molar-refractivity contribution is -0.404. The number of hydrogen-bond donors (Lipinski definition) is 1. The topological polar surface area (TPSA) is 71.3 Å². The quantitative estimate of drug-likeness (QED) is 0.649. The molecule has 0 aliphatic carbocycles. The molecule has 2 rings (SSSR count). The number of aromatic nitrogens is 1. The fourth-order valence-corrected chi connectivity index (χ4v) is 1.75. The van der Waals surface area contributed by atoms with E-state index < -0.39 is 4.92 Å². The first-order valence-electron chi connectivity index (χ1n) is 5.10. The Hall–Kier alpha value is -1.82. The third kappa shape index (κ3) is 3.07. The van der Waals surface area contributed by atoms with Crippen LogP contribution in [0, 0.1) is 10.1 Å². The van der Waals surface area contributed by atoms with Crippen LogP contribution in [0.5, 0.6) is 0 Å². The zero-order valence-electron chi connectivity index (χ0n) is 8.97. The van der Waals surface area contributed by atoms with Crippen molar-refractivity contribution in [3.63, 3.8) is 0 Å². The van der Waals surface area contributed by atoms with Gasteiger partial charge >= 0.3 is 0 Å². The predicted molar refractivity (Wildman–Crippen MR) is 62.7 cm³/mol. The van der Waals surface area contributed by atoms with Gasteiger partial charge in [0.15, 0.2) is 5.82 Å². The van der Waals surface area contributed by atoms with Gasteiger partial charge in [-0.1, -0.05) is 11.6 Å². The van der Waals surface area contributed by atoms with Crippen LogP contribution in [0.3, 0.4) is 0 Å². The van der Waals surface area contributed by atoms with Crippen molar-refractivity contribution in [1.82, 2.24) is 15.2 Å². The normalized spacial score (nSPS) is 17.2. The van der Waals surface area contributed by atoms with Crippen molar-refractivity contribution in [3.8, 4) is 0 Å². The van der Waals surface area contributed by atoms with Crippen LogP contribution in [0.4, 0.5) is 0 Å². The maximum Gasteiger partial charge on any atom is 0.274 e. The summed E-state index contributed by atoms with van der Waals surface area (Å²) in [5, 5.41) is 14.0. The van der Waals surface area contributed by atoms with Gasteiger partial charge in [-0.05, 0) is 12.1 Å². The average Bonchev–Trinajstić information content (AvgIpc) is 2.68. The van der Waals surface area contributed by atoms with Crippen molar-refractivity contribution in [1.29, 1.82) is 0 Å². The molecular weight excluding hydrogens is 244 g/mol. The smallest absolute Gasteiger partial charge is 0.274 e. The molecule has 0 unspecified atom stereocenters. The lowest BCUT2D eigenvalue weighted by Crippen LogP contribution is -2.21. The van der Waals surface area contributed by atoms with Crippen molar-refractivity contribution < 1.29 is 4.92 Å². The van der Waals surface area contributed by atoms with E-state index in [0.717, 1.165) is 18.4 Å². The molecule has 1 aliphatic rings. The third-order valence-electron chi connectivity index (χ3n) is 2.40. The lowest BCUT2D eigenvalue weighted by atomic mass is 10.3. The zero-order chi connectivity index (χ0) is 12.3. The SMILES string of the molecule is O=[N+]([O-])C=C1NCCN1Cc1ccc(Cl)cn1. The highest BCUT2D eigenvalue weighted by Gasteiger charge is 2.19. The second kappa shape index (κ2) is 5.01. The van der Waals surface area contributed by atoms with Gasteiger partial charge in [0.2, 0.25) is 0 Å². The van der Waals surface area contributed by atoms with Gasteiger partial charge in [0.05, 0.1) is 22.2 Å². The van der Waals surface area contributed by atoms with Gasteiger partial charge in [-0.2, -0.15) is 0 Å². The average molecular weight is 255 g/mol. The summed E-state index contributed by atoms with van der Waals surface area (Å²) in [6.07, 6.45) is 2.54. The number of pyridine rings is 1. The van der Waals surface area contributed by atoms with E-state index in [1.165, 1.54) is 0 Å². The summed E-state index contributed by atoms with van der Waals surface area (Å²) in [5.41, 5.74) is 0.826. The molecule has 1 aromatic heterocycles. The van der Waals surface area contributed by atoms with E-state index in [9.17, 15) is 10.1 Å². The van der Waals surface area contributed by atoms with Gasteiger partial charge in [0.25, 0.3) is 6.20 Å². The van der Waals surface area contributed by atoms with Crippen LogP contribution in [0.15, 0.2) is 30.4 Å². The van der Waals surface area contributed by atoms with Crippen molar-refractivity contribution in [2.75, 3.05) is 13.1 Å². The van der Waals surface area contributed by atoms with Gasteiger partial charge in [0.1, 0.15) is 0 Å². The number of nitro groups is 1. The lowest BCUT2D eigenvalue weighted by Gasteiger charge is -2.16.